The van der Waals surface area contributed by atoms with Crippen molar-refractivity contribution in [1.82, 2.24) is 0 Å². The molecule has 0 aliphatic carbocycles. The Kier molecular flexibility index (Phi) is 5.06. The average molecular weight is 356 g/mol. The van der Waals surface area contributed by atoms with Gasteiger partial charge in [0.2, 0.25) is 0 Å². The Hall–Kier alpha value is -1.92. The topological polar surface area (TPSA) is 64.6 Å². The fourth-order valence-corrected chi connectivity index (χ4v) is 3.70. The van der Waals surface area contributed by atoms with Crippen LogP contribution in [0.5, 0.6) is 11.5 Å². The van der Waals surface area contributed by atoms with Crippen LogP contribution in [0.3, 0.4) is 0 Å². The lowest BCUT2D eigenvalue weighted by atomic mass is 10.1. The SMILES string of the molecule is COc1cc(S(=O)(=O)Nc2ccc(C)cc2C)c(OC)cc1Cl. The highest BCUT2D eigenvalue weighted by atomic mass is 35.5. The first-order valence-corrected chi connectivity index (χ1v) is 8.66. The van der Waals surface area contributed by atoms with Gasteiger partial charge in [0.25, 0.3) is 10.0 Å². The maximum Gasteiger partial charge on any atom is 0.265 e. The van der Waals surface area contributed by atoms with Crippen LogP contribution in [0.15, 0.2) is 35.2 Å². The molecular weight excluding hydrogens is 338 g/mol. The third-order valence-electron chi connectivity index (χ3n) is 3.35. The lowest BCUT2D eigenvalue weighted by Crippen LogP contribution is -2.15. The number of benzene rings is 2. The van der Waals surface area contributed by atoms with Gasteiger partial charge in [0.05, 0.1) is 24.9 Å². The van der Waals surface area contributed by atoms with Crippen LogP contribution in [0, 0.1) is 13.8 Å². The third kappa shape index (κ3) is 3.71. The van der Waals surface area contributed by atoms with Crippen molar-refractivity contribution in [1.29, 1.82) is 0 Å². The molecule has 0 bridgehead atoms. The first kappa shape index (κ1) is 17.4. The summed E-state index contributed by atoms with van der Waals surface area (Å²) in [6.45, 7) is 3.78. The number of rotatable bonds is 5. The van der Waals surface area contributed by atoms with Crippen molar-refractivity contribution in [2.75, 3.05) is 18.9 Å². The van der Waals surface area contributed by atoms with Crippen LogP contribution in [0.2, 0.25) is 5.02 Å². The summed E-state index contributed by atoms with van der Waals surface area (Å²) in [6.07, 6.45) is 0. The summed E-state index contributed by atoms with van der Waals surface area (Å²) in [6, 6.07) is 8.22. The molecule has 0 unspecified atom stereocenters. The smallest absolute Gasteiger partial charge is 0.265 e. The molecule has 2 rings (SSSR count). The summed E-state index contributed by atoms with van der Waals surface area (Å²) in [5.74, 6) is 0.404. The first-order chi connectivity index (χ1) is 10.8. The number of ether oxygens (including phenoxy) is 2. The van der Waals surface area contributed by atoms with Crippen molar-refractivity contribution >= 4 is 27.3 Å². The third-order valence-corrected chi connectivity index (χ3v) is 5.04. The van der Waals surface area contributed by atoms with Gasteiger partial charge in [-0.3, -0.25) is 4.72 Å². The number of nitrogens with one attached hydrogen (secondary N) is 1. The molecule has 1 N–H and O–H groups in total. The van der Waals surface area contributed by atoms with E-state index in [9.17, 15) is 8.42 Å². The largest absolute Gasteiger partial charge is 0.495 e. The van der Waals surface area contributed by atoms with Crippen molar-refractivity contribution in [3.05, 3.63) is 46.5 Å². The Morgan fingerprint density at radius 3 is 2.22 bits per heavy atom. The van der Waals surface area contributed by atoms with Crippen molar-refractivity contribution < 1.29 is 17.9 Å². The maximum absolute atomic E-state index is 12.7. The monoisotopic (exact) mass is 355 g/mol. The highest BCUT2D eigenvalue weighted by Gasteiger charge is 2.23. The van der Waals surface area contributed by atoms with E-state index in [-0.39, 0.29) is 21.4 Å². The van der Waals surface area contributed by atoms with E-state index >= 15 is 0 Å². The Bertz CT molecular complexity index is 834. The molecule has 0 saturated heterocycles. The maximum atomic E-state index is 12.7. The summed E-state index contributed by atoms with van der Waals surface area (Å²) in [4.78, 5) is -0.0405. The van der Waals surface area contributed by atoms with Crippen molar-refractivity contribution in [2.24, 2.45) is 0 Å². The number of hydrogen-bond donors (Lipinski definition) is 1. The summed E-state index contributed by atoms with van der Waals surface area (Å²) in [5.41, 5.74) is 2.39. The van der Waals surface area contributed by atoms with Gasteiger partial charge >= 0.3 is 0 Å². The van der Waals surface area contributed by atoms with Crippen molar-refractivity contribution in [3.63, 3.8) is 0 Å². The van der Waals surface area contributed by atoms with Crippen molar-refractivity contribution in [2.45, 2.75) is 18.7 Å². The van der Waals surface area contributed by atoms with E-state index in [1.807, 2.05) is 26.0 Å². The van der Waals surface area contributed by atoms with Gasteiger partial charge in [-0.15, -0.1) is 0 Å². The lowest BCUT2D eigenvalue weighted by molar-refractivity contribution is 0.392. The molecule has 5 nitrogen and oxygen atoms in total. The molecule has 2 aromatic carbocycles. The minimum Gasteiger partial charge on any atom is -0.495 e. The zero-order valence-corrected chi connectivity index (χ0v) is 14.9. The Morgan fingerprint density at radius 2 is 1.65 bits per heavy atom. The van der Waals surface area contributed by atoms with Crippen LogP contribution in [0.4, 0.5) is 5.69 Å². The number of hydrogen-bond acceptors (Lipinski definition) is 4. The second-order valence-electron chi connectivity index (χ2n) is 5.06. The van der Waals surface area contributed by atoms with E-state index in [4.69, 9.17) is 21.1 Å². The fraction of sp³-hybridized carbons (Fsp3) is 0.250. The van der Waals surface area contributed by atoms with Crippen LogP contribution in [-0.4, -0.2) is 22.6 Å². The molecule has 0 aliphatic rings. The van der Waals surface area contributed by atoms with Crippen LogP contribution in [0.25, 0.3) is 0 Å². The van der Waals surface area contributed by atoms with Gasteiger partial charge in [-0.2, -0.15) is 0 Å². The fourth-order valence-electron chi connectivity index (χ4n) is 2.17. The highest BCUT2D eigenvalue weighted by Crippen LogP contribution is 2.36. The Balaban J connectivity index is 2.50. The molecule has 0 aliphatic heterocycles. The molecule has 0 aromatic heterocycles. The molecule has 0 heterocycles. The quantitative estimate of drug-likeness (QED) is 0.886. The van der Waals surface area contributed by atoms with Gasteiger partial charge < -0.3 is 9.47 Å². The minimum absolute atomic E-state index is 0.0405. The second kappa shape index (κ2) is 6.68. The van der Waals surface area contributed by atoms with Gasteiger partial charge in [0.15, 0.2) is 0 Å². The summed E-state index contributed by atoms with van der Waals surface area (Å²) >= 11 is 6.01. The van der Waals surface area contributed by atoms with E-state index in [1.54, 1.807) is 6.07 Å². The van der Waals surface area contributed by atoms with Gasteiger partial charge in [0, 0.05) is 12.1 Å². The standard InChI is InChI=1S/C16H18ClNO4S/c1-10-5-6-13(11(2)7-10)18-23(19,20)16-9-14(21-3)12(17)8-15(16)22-4/h5-9,18H,1-4H3. The van der Waals surface area contributed by atoms with Crippen LogP contribution in [0.1, 0.15) is 11.1 Å². The molecule has 23 heavy (non-hydrogen) atoms. The van der Waals surface area contributed by atoms with Gasteiger partial charge in [-0.25, -0.2) is 8.42 Å². The van der Waals surface area contributed by atoms with Crippen molar-refractivity contribution in [3.8, 4) is 11.5 Å². The summed E-state index contributed by atoms with van der Waals surface area (Å²) in [5, 5.41) is 0.273. The molecule has 124 valence electrons. The molecular formula is C16H18ClNO4S. The normalized spacial score (nSPS) is 11.2. The molecule has 0 amide bonds. The number of aryl methyl sites for hydroxylation is 2. The second-order valence-corrected chi connectivity index (χ2v) is 7.12. The Labute approximate surface area is 141 Å². The van der Waals surface area contributed by atoms with Crippen LogP contribution in [-0.2, 0) is 10.0 Å². The summed E-state index contributed by atoms with van der Waals surface area (Å²) < 4.78 is 38.2. The predicted octanol–water partition coefficient (Wildman–Crippen LogP) is 3.77. The van der Waals surface area contributed by atoms with Gasteiger partial charge in [-0.1, -0.05) is 29.3 Å². The van der Waals surface area contributed by atoms with E-state index < -0.39 is 10.0 Å². The lowest BCUT2D eigenvalue weighted by Gasteiger charge is -2.15. The zero-order chi connectivity index (χ0) is 17.2. The molecule has 0 fully saturated rings. The molecule has 0 atom stereocenters. The van der Waals surface area contributed by atoms with Gasteiger partial charge in [-0.05, 0) is 25.5 Å². The van der Waals surface area contributed by atoms with E-state index in [2.05, 4.69) is 4.72 Å². The number of sulfonamides is 1. The highest BCUT2D eigenvalue weighted by molar-refractivity contribution is 7.92. The average Bonchev–Trinajstić information content (AvgIpc) is 2.49. The first-order valence-electron chi connectivity index (χ1n) is 6.80. The van der Waals surface area contributed by atoms with Gasteiger partial charge in [0.1, 0.15) is 16.4 Å². The minimum atomic E-state index is -3.85. The molecule has 2 aromatic rings. The van der Waals surface area contributed by atoms with Crippen LogP contribution >= 0.6 is 11.6 Å². The number of methoxy groups -OCH3 is 2. The molecule has 0 radical (unpaired) electrons. The molecule has 7 heteroatoms. The number of anilines is 1. The number of halogens is 1. The zero-order valence-electron chi connectivity index (χ0n) is 13.3. The molecule has 0 saturated carbocycles. The Morgan fingerprint density at radius 1 is 1.00 bits per heavy atom. The summed E-state index contributed by atoms with van der Waals surface area (Å²) in [7, 11) is -1.05. The van der Waals surface area contributed by atoms with Crippen LogP contribution < -0.4 is 14.2 Å². The van der Waals surface area contributed by atoms with E-state index in [0.717, 1.165) is 11.1 Å². The van der Waals surface area contributed by atoms with E-state index in [1.165, 1.54) is 26.4 Å². The molecule has 0 spiro atoms. The van der Waals surface area contributed by atoms with E-state index in [0.29, 0.717) is 5.69 Å². The predicted molar refractivity (Wildman–Crippen MR) is 91.3 cm³/mol.